The van der Waals surface area contributed by atoms with Crippen LogP contribution in [0.15, 0.2) is 24.3 Å². The maximum absolute atomic E-state index is 12.7. The molecule has 0 radical (unpaired) electrons. The molecule has 5 rings (SSSR count). The molecule has 6 heteroatoms. The van der Waals surface area contributed by atoms with Gasteiger partial charge in [0, 0.05) is 16.4 Å². The molecule has 4 aliphatic carbocycles. The van der Waals surface area contributed by atoms with E-state index in [-0.39, 0.29) is 22.3 Å². The van der Waals surface area contributed by atoms with E-state index in [1.165, 1.54) is 32.1 Å². The molecular formula is C20H25BrN2O3. The van der Waals surface area contributed by atoms with Gasteiger partial charge in [0.25, 0.3) is 5.91 Å². The molecule has 140 valence electrons. The average Bonchev–Trinajstić information content (AvgIpc) is 2.51. The van der Waals surface area contributed by atoms with Crippen LogP contribution in [-0.2, 0) is 9.59 Å². The van der Waals surface area contributed by atoms with Crippen LogP contribution >= 0.6 is 15.9 Å². The third kappa shape index (κ3) is 3.75. The Balaban J connectivity index is 1.36. The predicted molar refractivity (Wildman–Crippen MR) is 103 cm³/mol. The lowest BCUT2D eigenvalue weighted by atomic mass is 9.48. The van der Waals surface area contributed by atoms with Crippen molar-refractivity contribution in [1.82, 2.24) is 0 Å². The number of hydrogen-bond donors (Lipinski definition) is 2. The van der Waals surface area contributed by atoms with Gasteiger partial charge in [-0.15, -0.1) is 0 Å². The van der Waals surface area contributed by atoms with E-state index in [1.54, 1.807) is 24.3 Å². The van der Waals surface area contributed by atoms with Crippen LogP contribution < -0.4 is 15.8 Å². The summed E-state index contributed by atoms with van der Waals surface area (Å²) in [5.74, 6) is 1.70. The van der Waals surface area contributed by atoms with Gasteiger partial charge >= 0.3 is 0 Å². The fourth-order valence-electron chi connectivity index (χ4n) is 5.88. The minimum absolute atomic E-state index is 0.0915. The zero-order valence-electron chi connectivity index (χ0n) is 14.8. The van der Waals surface area contributed by atoms with Crippen LogP contribution in [0.5, 0.6) is 5.75 Å². The number of alkyl halides is 1. The Morgan fingerprint density at radius 3 is 2.38 bits per heavy atom. The lowest BCUT2D eigenvalue weighted by molar-refractivity contribution is -0.123. The summed E-state index contributed by atoms with van der Waals surface area (Å²) in [5.41, 5.74) is 5.98. The Hall–Kier alpha value is -1.56. The molecule has 3 N–H and O–H groups in total. The lowest BCUT2D eigenvalue weighted by Gasteiger charge is -2.60. The predicted octanol–water partition coefficient (Wildman–Crippen LogP) is 3.61. The van der Waals surface area contributed by atoms with Crippen molar-refractivity contribution in [3.05, 3.63) is 24.3 Å². The second kappa shape index (κ2) is 6.55. The molecule has 0 spiro atoms. The average molecular weight is 421 g/mol. The summed E-state index contributed by atoms with van der Waals surface area (Å²) in [5, 5.41) is 3.02. The zero-order valence-corrected chi connectivity index (χ0v) is 16.4. The Bertz CT molecular complexity index is 704. The number of primary amides is 1. The first kappa shape index (κ1) is 17.8. The number of nitrogens with two attached hydrogens (primary N) is 1. The minimum Gasteiger partial charge on any atom is -0.484 e. The zero-order chi connectivity index (χ0) is 18.4. The number of nitrogens with one attached hydrogen (secondary N) is 1. The molecule has 4 fully saturated rings. The molecule has 0 saturated heterocycles. The fraction of sp³-hybridized carbons (Fsp3) is 0.600. The van der Waals surface area contributed by atoms with Crippen LogP contribution in [0.2, 0.25) is 0 Å². The minimum atomic E-state index is -0.512. The van der Waals surface area contributed by atoms with E-state index in [0.29, 0.717) is 12.2 Å². The molecule has 0 aromatic heterocycles. The second-order valence-electron chi connectivity index (χ2n) is 8.62. The summed E-state index contributed by atoms with van der Waals surface area (Å²) in [4.78, 5) is 23.4. The van der Waals surface area contributed by atoms with Gasteiger partial charge in [-0.2, -0.15) is 0 Å². The van der Waals surface area contributed by atoms with E-state index < -0.39 is 5.91 Å². The third-order valence-corrected chi connectivity index (χ3v) is 7.09. The van der Waals surface area contributed by atoms with Crippen LogP contribution in [-0.4, -0.2) is 22.7 Å². The van der Waals surface area contributed by atoms with Gasteiger partial charge in [0.15, 0.2) is 6.61 Å². The summed E-state index contributed by atoms with van der Waals surface area (Å²) in [6, 6.07) is 7.05. The maximum atomic E-state index is 12.7. The molecule has 1 aromatic rings. The summed E-state index contributed by atoms with van der Waals surface area (Å²) < 4.78 is 5.51. The van der Waals surface area contributed by atoms with Gasteiger partial charge in [0.2, 0.25) is 5.91 Å². The van der Waals surface area contributed by atoms with Crippen LogP contribution in [0, 0.1) is 17.3 Å². The largest absolute Gasteiger partial charge is 0.484 e. The van der Waals surface area contributed by atoms with Crippen molar-refractivity contribution < 1.29 is 14.3 Å². The molecular weight excluding hydrogens is 396 g/mol. The lowest BCUT2D eigenvalue weighted by Crippen LogP contribution is -2.53. The van der Waals surface area contributed by atoms with E-state index in [1.807, 2.05) is 0 Å². The van der Waals surface area contributed by atoms with Crippen molar-refractivity contribution in [2.45, 2.75) is 49.3 Å². The second-order valence-corrected chi connectivity index (χ2v) is 10.3. The maximum Gasteiger partial charge on any atom is 0.255 e. The van der Waals surface area contributed by atoms with E-state index in [0.717, 1.165) is 23.9 Å². The van der Waals surface area contributed by atoms with Gasteiger partial charge in [-0.25, -0.2) is 0 Å². The van der Waals surface area contributed by atoms with E-state index in [2.05, 4.69) is 21.2 Å². The number of benzene rings is 1. The summed E-state index contributed by atoms with van der Waals surface area (Å²) in [7, 11) is 0. The molecule has 4 aliphatic rings. The Kier molecular flexibility index (Phi) is 4.49. The summed E-state index contributed by atoms with van der Waals surface area (Å²) in [6.07, 6.45) is 8.03. The van der Waals surface area contributed by atoms with Crippen LogP contribution in [0.4, 0.5) is 5.69 Å². The molecule has 0 heterocycles. The van der Waals surface area contributed by atoms with Crippen LogP contribution in [0.1, 0.15) is 44.9 Å². The SMILES string of the molecule is NC(=O)COc1ccc(NC(=O)CC23C[C@H]4C[C@@H](CC(Br)(C4)C2)C3)cc1. The molecule has 4 saturated carbocycles. The van der Waals surface area contributed by atoms with Gasteiger partial charge in [-0.1, -0.05) is 15.9 Å². The van der Waals surface area contributed by atoms with Gasteiger partial charge in [-0.05, 0) is 80.0 Å². The van der Waals surface area contributed by atoms with Crippen LogP contribution in [0.25, 0.3) is 0 Å². The number of carbonyl (C=O) groups is 2. The number of halogens is 1. The Labute approximate surface area is 162 Å². The number of hydrogen-bond acceptors (Lipinski definition) is 3. The normalized spacial score (nSPS) is 34.5. The number of amides is 2. The van der Waals surface area contributed by atoms with Crippen molar-refractivity contribution >= 4 is 33.4 Å². The van der Waals surface area contributed by atoms with Crippen LogP contribution in [0.3, 0.4) is 0 Å². The van der Waals surface area contributed by atoms with Crippen molar-refractivity contribution in [2.24, 2.45) is 23.0 Å². The van der Waals surface area contributed by atoms with Gasteiger partial charge in [0.05, 0.1) is 0 Å². The molecule has 2 amide bonds. The monoisotopic (exact) mass is 420 g/mol. The van der Waals surface area contributed by atoms with Gasteiger partial charge < -0.3 is 15.8 Å². The van der Waals surface area contributed by atoms with Gasteiger partial charge in [0.1, 0.15) is 5.75 Å². The summed E-state index contributed by atoms with van der Waals surface area (Å²) in [6.45, 7) is -0.148. The standard InChI is InChI=1S/C20H25BrN2O3/c21-20-8-13-5-14(9-20)7-19(6-13,12-20)10-18(25)23-15-1-3-16(4-2-15)26-11-17(22)24/h1-4,13-14H,5-12H2,(H2,22,24)(H,23,25)/t13-,14-,19?,20?/m1/s1. The van der Waals surface area contributed by atoms with E-state index in [9.17, 15) is 9.59 Å². The highest BCUT2D eigenvalue weighted by molar-refractivity contribution is 9.10. The highest BCUT2D eigenvalue weighted by Crippen LogP contribution is 2.65. The van der Waals surface area contributed by atoms with Crippen molar-refractivity contribution in [3.63, 3.8) is 0 Å². The summed E-state index contributed by atoms with van der Waals surface area (Å²) >= 11 is 4.00. The molecule has 1 aromatic carbocycles. The first-order valence-electron chi connectivity index (χ1n) is 9.33. The fourth-order valence-corrected chi connectivity index (χ4v) is 7.39. The molecule has 2 atom stereocenters. The van der Waals surface area contributed by atoms with E-state index >= 15 is 0 Å². The number of rotatable bonds is 6. The number of anilines is 1. The number of carbonyl (C=O) groups excluding carboxylic acids is 2. The Morgan fingerprint density at radius 1 is 1.15 bits per heavy atom. The quantitative estimate of drug-likeness (QED) is 0.689. The highest BCUT2D eigenvalue weighted by Gasteiger charge is 2.57. The van der Waals surface area contributed by atoms with Crippen molar-refractivity contribution in [2.75, 3.05) is 11.9 Å². The molecule has 5 nitrogen and oxygen atoms in total. The van der Waals surface area contributed by atoms with E-state index in [4.69, 9.17) is 10.5 Å². The third-order valence-electron chi connectivity index (χ3n) is 6.17. The molecule has 4 bridgehead atoms. The highest BCUT2D eigenvalue weighted by atomic mass is 79.9. The molecule has 0 unspecified atom stereocenters. The first-order chi connectivity index (χ1) is 12.3. The smallest absolute Gasteiger partial charge is 0.255 e. The molecule has 0 aliphatic heterocycles. The number of ether oxygens (including phenoxy) is 1. The first-order valence-corrected chi connectivity index (χ1v) is 10.1. The van der Waals surface area contributed by atoms with Crippen molar-refractivity contribution in [3.8, 4) is 5.75 Å². The topological polar surface area (TPSA) is 81.4 Å². The molecule has 26 heavy (non-hydrogen) atoms. The Morgan fingerprint density at radius 2 is 1.81 bits per heavy atom. The van der Waals surface area contributed by atoms with Crippen molar-refractivity contribution in [1.29, 1.82) is 0 Å². The van der Waals surface area contributed by atoms with Gasteiger partial charge in [-0.3, -0.25) is 9.59 Å².